The third kappa shape index (κ3) is 3.36. The number of aliphatic hydroxyl groups excluding tert-OH is 1. The topological polar surface area (TPSA) is 77.1 Å². The van der Waals surface area contributed by atoms with Crippen molar-refractivity contribution in [1.29, 1.82) is 5.26 Å². The number of nitriles is 1. The number of nitrogens with zero attached hydrogens (tertiary/aromatic N) is 4. The van der Waals surface area contributed by atoms with Crippen molar-refractivity contribution < 1.29 is 5.11 Å². The molecule has 0 unspecified atom stereocenters. The van der Waals surface area contributed by atoms with Crippen LogP contribution in [-0.4, -0.2) is 34.1 Å². The van der Waals surface area contributed by atoms with Gasteiger partial charge in [-0.25, -0.2) is 0 Å². The van der Waals surface area contributed by atoms with Crippen LogP contribution in [0.2, 0.25) is 0 Å². The molecule has 0 aliphatic carbocycles. The minimum absolute atomic E-state index is 0.213. The van der Waals surface area contributed by atoms with Crippen molar-refractivity contribution in [1.82, 2.24) is 9.78 Å². The summed E-state index contributed by atoms with van der Waals surface area (Å²) in [5.74, 6) is 0. The van der Waals surface area contributed by atoms with Gasteiger partial charge >= 0.3 is 0 Å². The van der Waals surface area contributed by atoms with Crippen LogP contribution in [0, 0.1) is 18.3 Å². The number of hydrogen-bond donors (Lipinski definition) is 2. The number of anilines is 2. The highest BCUT2D eigenvalue weighted by molar-refractivity contribution is 5.65. The molecule has 2 N–H and O–H groups in total. The Morgan fingerprint density at radius 1 is 1.38 bits per heavy atom. The second kappa shape index (κ2) is 6.93. The predicted molar refractivity (Wildman–Crippen MR) is 93.9 cm³/mol. The molecule has 0 atom stereocenters. The highest BCUT2D eigenvalue weighted by atomic mass is 16.3. The Kier molecular flexibility index (Phi) is 4.72. The molecule has 126 valence electrons. The Labute approximate surface area is 142 Å². The third-order valence-electron chi connectivity index (χ3n) is 4.74. The molecule has 1 aromatic heterocycles. The summed E-state index contributed by atoms with van der Waals surface area (Å²) >= 11 is 0. The largest absolute Gasteiger partial charge is 0.393 e. The molecular formula is C18H23N5O. The summed E-state index contributed by atoms with van der Waals surface area (Å²) in [4.78, 5) is 2.18. The standard InChI is InChI=1S/C18H23N5O/c1-13-15(12-21-22(13)2)11-20-16-3-4-18(14(9-16)10-19)23-7-5-17(24)6-8-23/h3-4,9,12,17,20,24H,5-8,11H2,1-2H3. The first kappa shape index (κ1) is 16.3. The quantitative estimate of drug-likeness (QED) is 0.901. The van der Waals surface area contributed by atoms with Gasteiger partial charge in [0.1, 0.15) is 6.07 Å². The molecule has 24 heavy (non-hydrogen) atoms. The number of nitrogens with one attached hydrogen (secondary N) is 1. The smallest absolute Gasteiger partial charge is 0.101 e. The molecule has 3 rings (SSSR count). The van der Waals surface area contributed by atoms with Gasteiger partial charge in [-0.2, -0.15) is 10.4 Å². The van der Waals surface area contributed by atoms with E-state index in [1.165, 1.54) is 0 Å². The fourth-order valence-electron chi connectivity index (χ4n) is 3.03. The van der Waals surface area contributed by atoms with Crippen molar-refractivity contribution in [2.45, 2.75) is 32.4 Å². The Bertz CT molecular complexity index is 753. The lowest BCUT2D eigenvalue weighted by molar-refractivity contribution is 0.145. The van der Waals surface area contributed by atoms with Gasteiger partial charge in [0.25, 0.3) is 0 Å². The van der Waals surface area contributed by atoms with Crippen LogP contribution in [0.15, 0.2) is 24.4 Å². The van der Waals surface area contributed by atoms with E-state index in [1.54, 1.807) is 0 Å². The lowest BCUT2D eigenvalue weighted by Gasteiger charge is -2.32. The average Bonchev–Trinajstić information content (AvgIpc) is 2.92. The molecule has 2 aromatic rings. The first-order valence-corrected chi connectivity index (χ1v) is 8.27. The maximum absolute atomic E-state index is 9.64. The molecule has 0 amide bonds. The Hall–Kier alpha value is -2.52. The van der Waals surface area contributed by atoms with Crippen molar-refractivity contribution >= 4 is 11.4 Å². The van der Waals surface area contributed by atoms with Crippen LogP contribution in [0.25, 0.3) is 0 Å². The summed E-state index contributed by atoms with van der Waals surface area (Å²) in [6, 6.07) is 8.19. The number of benzene rings is 1. The summed E-state index contributed by atoms with van der Waals surface area (Å²) in [6.45, 7) is 4.30. The van der Waals surface area contributed by atoms with Gasteiger partial charge in [-0.15, -0.1) is 0 Å². The Morgan fingerprint density at radius 3 is 2.75 bits per heavy atom. The highest BCUT2D eigenvalue weighted by Crippen LogP contribution is 2.27. The molecule has 6 nitrogen and oxygen atoms in total. The Morgan fingerprint density at radius 2 is 2.12 bits per heavy atom. The molecule has 1 aromatic carbocycles. The molecule has 0 saturated carbocycles. The van der Waals surface area contributed by atoms with Gasteiger partial charge in [0, 0.05) is 43.6 Å². The van der Waals surface area contributed by atoms with E-state index in [0.29, 0.717) is 12.1 Å². The maximum Gasteiger partial charge on any atom is 0.101 e. The SMILES string of the molecule is Cc1c(CNc2ccc(N3CCC(O)CC3)c(C#N)c2)cnn1C. The van der Waals surface area contributed by atoms with Crippen LogP contribution in [-0.2, 0) is 13.6 Å². The minimum Gasteiger partial charge on any atom is -0.393 e. The van der Waals surface area contributed by atoms with Crippen LogP contribution in [0.3, 0.4) is 0 Å². The third-order valence-corrected chi connectivity index (χ3v) is 4.74. The van der Waals surface area contributed by atoms with E-state index in [2.05, 4.69) is 21.4 Å². The molecule has 0 bridgehead atoms. The molecule has 1 saturated heterocycles. The van der Waals surface area contributed by atoms with Crippen molar-refractivity contribution in [2.24, 2.45) is 7.05 Å². The lowest BCUT2D eigenvalue weighted by atomic mass is 10.0. The zero-order valence-corrected chi connectivity index (χ0v) is 14.2. The monoisotopic (exact) mass is 325 g/mol. The van der Waals surface area contributed by atoms with Crippen LogP contribution in [0.5, 0.6) is 0 Å². The molecule has 6 heteroatoms. The van der Waals surface area contributed by atoms with Crippen molar-refractivity contribution in [2.75, 3.05) is 23.3 Å². The first-order valence-electron chi connectivity index (χ1n) is 8.27. The predicted octanol–water partition coefficient (Wildman–Crippen LogP) is 2.17. The summed E-state index contributed by atoms with van der Waals surface area (Å²) in [5.41, 5.74) is 4.82. The summed E-state index contributed by atoms with van der Waals surface area (Å²) in [7, 11) is 1.93. The summed E-state index contributed by atoms with van der Waals surface area (Å²) in [6.07, 6.45) is 3.16. The van der Waals surface area contributed by atoms with Gasteiger partial charge in [0.05, 0.1) is 23.6 Å². The maximum atomic E-state index is 9.64. The molecule has 0 radical (unpaired) electrons. The fourth-order valence-corrected chi connectivity index (χ4v) is 3.03. The molecule has 1 aliphatic rings. The number of hydrogen-bond acceptors (Lipinski definition) is 5. The number of rotatable bonds is 4. The van der Waals surface area contributed by atoms with Gasteiger partial charge in [0.2, 0.25) is 0 Å². The fraction of sp³-hybridized carbons (Fsp3) is 0.444. The van der Waals surface area contributed by atoms with E-state index in [1.807, 2.05) is 43.0 Å². The molecule has 0 spiro atoms. The van der Waals surface area contributed by atoms with Gasteiger partial charge in [-0.1, -0.05) is 0 Å². The van der Waals surface area contributed by atoms with Gasteiger partial charge < -0.3 is 15.3 Å². The highest BCUT2D eigenvalue weighted by Gasteiger charge is 2.19. The molecule has 1 aliphatic heterocycles. The number of aliphatic hydroxyl groups is 1. The summed E-state index contributed by atoms with van der Waals surface area (Å²) in [5, 5.41) is 26.7. The zero-order chi connectivity index (χ0) is 17.1. The molecular weight excluding hydrogens is 302 g/mol. The average molecular weight is 325 g/mol. The van der Waals surface area contributed by atoms with Crippen LogP contribution < -0.4 is 10.2 Å². The van der Waals surface area contributed by atoms with E-state index < -0.39 is 0 Å². The van der Waals surface area contributed by atoms with E-state index in [4.69, 9.17) is 0 Å². The van der Waals surface area contributed by atoms with Crippen LogP contribution in [0.1, 0.15) is 29.7 Å². The number of piperidine rings is 1. The molecule has 2 heterocycles. The van der Waals surface area contributed by atoms with Crippen molar-refractivity contribution in [3.63, 3.8) is 0 Å². The lowest BCUT2D eigenvalue weighted by Crippen LogP contribution is -2.36. The zero-order valence-electron chi connectivity index (χ0n) is 14.2. The van der Waals surface area contributed by atoms with E-state index in [9.17, 15) is 10.4 Å². The van der Waals surface area contributed by atoms with E-state index >= 15 is 0 Å². The summed E-state index contributed by atoms with van der Waals surface area (Å²) < 4.78 is 1.85. The number of aromatic nitrogens is 2. The van der Waals surface area contributed by atoms with Gasteiger partial charge in [0.15, 0.2) is 0 Å². The molecule has 1 fully saturated rings. The van der Waals surface area contributed by atoms with Crippen LogP contribution >= 0.6 is 0 Å². The first-order chi connectivity index (χ1) is 11.6. The normalized spacial score (nSPS) is 15.3. The number of aryl methyl sites for hydroxylation is 1. The second-order valence-corrected chi connectivity index (χ2v) is 6.29. The van der Waals surface area contributed by atoms with Crippen molar-refractivity contribution in [3.05, 3.63) is 41.2 Å². The van der Waals surface area contributed by atoms with Crippen molar-refractivity contribution in [3.8, 4) is 6.07 Å². The minimum atomic E-state index is -0.213. The Balaban J connectivity index is 1.72. The van der Waals surface area contributed by atoms with E-state index in [-0.39, 0.29) is 6.10 Å². The van der Waals surface area contributed by atoms with Crippen LogP contribution in [0.4, 0.5) is 11.4 Å². The van der Waals surface area contributed by atoms with Gasteiger partial charge in [-0.05, 0) is 38.0 Å². The second-order valence-electron chi connectivity index (χ2n) is 6.29. The van der Waals surface area contributed by atoms with E-state index in [0.717, 1.165) is 48.6 Å². The van der Waals surface area contributed by atoms with Gasteiger partial charge in [-0.3, -0.25) is 4.68 Å².